The standard InChI is InChI=1S/C18H25F3N2O2/c1-17(2)12-16(24)22-23(17)15(18(19,20)21)10-5-4-7-13-8-6-9-14(11-13)25-3/h6,8-9,11,15H,4-5,7,10,12H2,1-3H3,(H,22,24)/t15-/m0/s1. The molecule has 0 radical (unpaired) electrons. The van der Waals surface area contributed by atoms with Gasteiger partial charge in [-0.3, -0.25) is 10.2 Å². The fourth-order valence-electron chi connectivity index (χ4n) is 3.24. The first-order valence-corrected chi connectivity index (χ1v) is 8.42. The minimum Gasteiger partial charge on any atom is -0.497 e. The van der Waals surface area contributed by atoms with Gasteiger partial charge < -0.3 is 4.74 Å². The fraction of sp³-hybridized carbons (Fsp3) is 0.611. The molecule has 7 heteroatoms. The van der Waals surface area contributed by atoms with Crippen molar-refractivity contribution < 1.29 is 22.7 Å². The molecule has 0 spiro atoms. The van der Waals surface area contributed by atoms with Crippen molar-refractivity contribution in [3.8, 4) is 5.75 Å². The second kappa shape index (κ2) is 7.64. The Balaban J connectivity index is 1.94. The van der Waals surface area contributed by atoms with Gasteiger partial charge in [0.15, 0.2) is 0 Å². The van der Waals surface area contributed by atoms with Crippen LogP contribution in [-0.4, -0.2) is 35.8 Å². The van der Waals surface area contributed by atoms with Crippen LogP contribution in [0, 0.1) is 0 Å². The summed E-state index contributed by atoms with van der Waals surface area (Å²) < 4.78 is 45.6. The van der Waals surface area contributed by atoms with Crippen molar-refractivity contribution in [3.63, 3.8) is 0 Å². The molecule has 1 amide bonds. The normalized spacial score (nSPS) is 18.9. The third-order valence-corrected chi connectivity index (χ3v) is 4.51. The lowest BCUT2D eigenvalue weighted by Gasteiger charge is -2.37. The van der Waals surface area contributed by atoms with Crippen molar-refractivity contribution >= 4 is 5.91 Å². The third kappa shape index (κ3) is 5.11. The summed E-state index contributed by atoms with van der Waals surface area (Å²) in [6, 6.07) is 5.87. The predicted octanol–water partition coefficient (Wildman–Crippen LogP) is 3.85. The molecule has 1 aromatic rings. The Morgan fingerprint density at radius 1 is 1.32 bits per heavy atom. The summed E-state index contributed by atoms with van der Waals surface area (Å²) in [6.07, 6.45) is -2.60. The van der Waals surface area contributed by atoms with Crippen LogP contribution in [0.2, 0.25) is 0 Å². The number of alkyl halides is 3. The van der Waals surface area contributed by atoms with E-state index in [0.717, 1.165) is 16.3 Å². The molecule has 0 unspecified atom stereocenters. The van der Waals surface area contributed by atoms with Gasteiger partial charge in [-0.1, -0.05) is 18.6 Å². The zero-order chi connectivity index (χ0) is 18.7. The van der Waals surface area contributed by atoms with Crippen LogP contribution < -0.4 is 10.2 Å². The quantitative estimate of drug-likeness (QED) is 0.753. The summed E-state index contributed by atoms with van der Waals surface area (Å²) in [5.74, 6) is 0.378. The second-order valence-electron chi connectivity index (χ2n) is 7.05. The molecule has 2 rings (SSSR count). The molecule has 4 nitrogen and oxygen atoms in total. The number of nitrogens with one attached hydrogen (secondary N) is 1. The highest BCUT2D eigenvalue weighted by Gasteiger charge is 2.51. The van der Waals surface area contributed by atoms with Gasteiger partial charge in [-0.25, -0.2) is 5.01 Å². The van der Waals surface area contributed by atoms with E-state index in [-0.39, 0.29) is 18.7 Å². The fourth-order valence-corrected chi connectivity index (χ4v) is 3.24. The van der Waals surface area contributed by atoms with Crippen molar-refractivity contribution in [2.24, 2.45) is 0 Å². The first-order chi connectivity index (χ1) is 11.6. The van der Waals surface area contributed by atoms with Crippen LogP contribution in [0.15, 0.2) is 24.3 Å². The van der Waals surface area contributed by atoms with E-state index in [1.54, 1.807) is 21.0 Å². The molecule has 1 heterocycles. The van der Waals surface area contributed by atoms with Gasteiger partial charge in [0.25, 0.3) is 0 Å². The zero-order valence-corrected chi connectivity index (χ0v) is 14.8. The van der Waals surface area contributed by atoms with E-state index >= 15 is 0 Å². The second-order valence-corrected chi connectivity index (χ2v) is 7.05. The molecule has 1 atom stereocenters. The molecule has 1 aromatic carbocycles. The van der Waals surface area contributed by atoms with E-state index in [1.807, 2.05) is 24.3 Å². The highest BCUT2D eigenvalue weighted by Crippen LogP contribution is 2.35. The molecule has 0 bridgehead atoms. The number of amides is 1. The summed E-state index contributed by atoms with van der Waals surface area (Å²) in [4.78, 5) is 11.5. The smallest absolute Gasteiger partial charge is 0.405 e. The van der Waals surface area contributed by atoms with Crippen LogP contribution in [0.5, 0.6) is 5.75 Å². The number of nitrogens with zero attached hydrogens (tertiary/aromatic N) is 1. The van der Waals surface area contributed by atoms with Gasteiger partial charge in [-0.15, -0.1) is 0 Å². The van der Waals surface area contributed by atoms with E-state index in [1.165, 1.54) is 0 Å². The van der Waals surface area contributed by atoms with E-state index in [9.17, 15) is 18.0 Å². The molecular formula is C18H25F3N2O2. The first kappa shape index (κ1) is 19.6. The highest BCUT2D eigenvalue weighted by atomic mass is 19.4. The van der Waals surface area contributed by atoms with E-state index in [0.29, 0.717) is 19.3 Å². The minimum absolute atomic E-state index is 0.0445. The van der Waals surface area contributed by atoms with Crippen LogP contribution in [-0.2, 0) is 11.2 Å². The SMILES string of the molecule is COc1cccc(CCCC[C@H](N2NC(=O)CC2(C)C)C(F)(F)F)c1. The molecule has 1 aliphatic heterocycles. The molecular weight excluding hydrogens is 333 g/mol. The van der Waals surface area contributed by atoms with Crippen molar-refractivity contribution in [3.05, 3.63) is 29.8 Å². The van der Waals surface area contributed by atoms with Gasteiger partial charge in [0.05, 0.1) is 7.11 Å². The Morgan fingerprint density at radius 3 is 2.60 bits per heavy atom. The Labute approximate surface area is 146 Å². The maximum atomic E-state index is 13.5. The van der Waals surface area contributed by atoms with Gasteiger partial charge in [-0.2, -0.15) is 13.2 Å². The number of ether oxygens (including phenoxy) is 1. The van der Waals surface area contributed by atoms with Gasteiger partial charge in [0.2, 0.25) is 5.91 Å². The molecule has 0 aromatic heterocycles. The molecule has 0 aliphatic carbocycles. The van der Waals surface area contributed by atoms with Crippen LogP contribution in [0.3, 0.4) is 0 Å². The maximum Gasteiger partial charge on any atom is 0.405 e. The molecule has 0 saturated carbocycles. The van der Waals surface area contributed by atoms with E-state index in [2.05, 4.69) is 5.43 Å². The average Bonchev–Trinajstić information content (AvgIpc) is 2.78. The molecule has 1 saturated heterocycles. The minimum atomic E-state index is -4.38. The number of methoxy groups -OCH3 is 1. The number of halogens is 3. The lowest BCUT2D eigenvalue weighted by molar-refractivity contribution is -0.202. The summed E-state index contributed by atoms with van der Waals surface area (Å²) in [5.41, 5.74) is 2.58. The monoisotopic (exact) mass is 358 g/mol. The predicted molar refractivity (Wildman–Crippen MR) is 89.1 cm³/mol. The number of rotatable bonds is 7. The molecule has 140 valence electrons. The first-order valence-electron chi connectivity index (χ1n) is 8.42. The number of carbonyl (C=O) groups excluding carboxylic acids is 1. The maximum absolute atomic E-state index is 13.5. The van der Waals surface area contributed by atoms with E-state index in [4.69, 9.17) is 4.74 Å². The lowest BCUT2D eigenvalue weighted by atomic mass is 9.97. The molecule has 1 aliphatic rings. The summed E-state index contributed by atoms with van der Waals surface area (Å²) in [7, 11) is 1.58. The number of aryl methyl sites for hydroxylation is 1. The van der Waals surface area contributed by atoms with Crippen LogP contribution in [0.1, 0.15) is 45.1 Å². The number of benzene rings is 1. The van der Waals surface area contributed by atoms with Gasteiger partial charge in [-0.05, 0) is 50.8 Å². The molecule has 1 N–H and O–H groups in total. The number of carbonyl (C=O) groups is 1. The van der Waals surface area contributed by atoms with Crippen molar-refractivity contribution in [1.29, 1.82) is 0 Å². The zero-order valence-electron chi connectivity index (χ0n) is 14.8. The van der Waals surface area contributed by atoms with Crippen molar-refractivity contribution in [1.82, 2.24) is 10.4 Å². The lowest BCUT2D eigenvalue weighted by Crippen LogP contribution is -2.56. The number of unbranched alkanes of at least 4 members (excludes halogenated alkanes) is 1. The summed E-state index contributed by atoms with van der Waals surface area (Å²) in [5, 5.41) is 1.08. The molecule has 25 heavy (non-hydrogen) atoms. The average molecular weight is 358 g/mol. The number of hydrogen-bond donors (Lipinski definition) is 1. The van der Waals surface area contributed by atoms with Gasteiger partial charge in [0, 0.05) is 12.0 Å². The van der Waals surface area contributed by atoms with Crippen LogP contribution in [0.25, 0.3) is 0 Å². The van der Waals surface area contributed by atoms with E-state index < -0.39 is 17.8 Å². The van der Waals surface area contributed by atoms with Crippen LogP contribution in [0.4, 0.5) is 13.2 Å². The van der Waals surface area contributed by atoms with Crippen molar-refractivity contribution in [2.75, 3.05) is 7.11 Å². The van der Waals surface area contributed by atoms with Crippen LogP contribution >= 0.6 is 0 Å². The largest absolute Gasteiger partial charge is 0.497 e. The Morgan fingerprint density at radius 2 is 2.04 bits per heavy atom. The van der Waals surface area contributed by atoms with Gasteiger partial charge in [0.1, 0.15) is 11.8 Å². The molecule has 1 fully saturated rings. The summed E-state index contributed by atoms with van der Waals surface area (Å²) in [6.45, 7) is 3.31. The number of hydrogen-bond acceptors (Lipinski definition) is 3. The van der Waals surface area contributed by atoms with Crippen molar-refractivity contribution in [2.45, 2.75) is 63.7 Å². The Kier molecular flexibility index (Phi) is 5.98. The highest BCUT2D eigenvalue weighted by molar-refractivity contribution is 5.78. The topological polar surface area (TPSA) is 41.6 Å². The summed E-state index contributed by atoms with van der Waals surface area (Å²) >= 11 is 0. The Bertz CT molecular complexity index is 602. The third-order valence-electron chi connectivity index (χ3n) is 4.51. The van der Waals surface area contributed by atoms with Gasteiger partial charge >= 0.3 is 6.18 Å². The number of hydrazine groups is 1. The Hall–Kier alpha value is -1.76.